The number of rotatable bonds is 10. The molecule has 4 aliphatic rings. The van der Waals surface area contributed by atoms with E-state index >= 15 is 0 Å². The molecule has 2 heterocycles. The second-order valence-electron chi connectivity index (χ2n) is 12.8. The predicted octanol–water partition coefficient (Wildman–Crippen LogP) is 5.67. The zero-order valence-electron chi connectivity index (χ0n) is 23.8. The van der Waals surface area contributed by atoms with Gasteiger partial charge in [-0.15, -0.1) is 0 Å². The quantitative estimate of drug-likeness (QED) is 0.396. The predicted molar refractivity (Wildman–Crippen MR) is 153 cm³/mol. The molecule has 0 unspecified atom stereocenters. The topological polar surface area (TPSA) is 45.3 Å². The highest BCUT2D eigenvalue weighted by molar-refractivity contribution is 5.78. The largest absolute Gasteiger partial charge is 0.375 e. The van der Waals surface area contributed by atoms with Crippen LogP contribution in [0.5, 0.6) is 0 Å². The van der Waals surface area contributed by atoms with E-state index < -0.39 is 0 Å². The number of ether oxygens (including phenoxy) is 2. The number of carbonyl (C=O) groups excluding carboxylic acids is 1. The number of carbonyl (C=O) groups is 1. The average Bonchev–Trinajstić information content (AvgIpc) is 3.17. The van der Waals surface area contributed by atoms with Gasteiger partial charge in [0.15, 0.2) is 0 Å². The fourth-order valence-electron chi connectivity index (χ4n) is 7.34. The van der Waals surface area contributed by atoms with E-state index in [-0.39, 0.29) is 22.7 Å². The average molecular weight is 532 g/mol. The number of urea groups is 1. The molecule has 0 N–H and O–H groups in total. The van der Waals surface area contributed by atoms with Crippen molar-refractivity contribution in [1.82, 2.24) is 14.7 Å². The van der Waals surface area contributed by atoms with Crippen LogP contribution < -0.4 is 0 Å². The third-order valence-corrected chi connectivity index (χ3v) is 10.4. The maximum atomic E-state index is 14.0. The molecule has 2 aliphatic carbocycles. The maximum absolute atomic E-state index is 14.0. The van der Waals surface area contributed by atoms with E-state index in [1.807, 2.05) is 6.07 Å². The van der Waals surface area contributed by atoms with Gasteiger partial charge in [0.25, 0.3) is 0 Å². The molecule has 1 spiro atoms. The van der Waals surface area contributed by atoms with Crippen molar-refractivity contribution in [2.45, 2.75) is 74.7 Å². The first-order valence-corrected chi connectivity index (χ1v) is 15.0. The summed E-state index contributed by atoms with van der Waals surface area (Å²) in [5.41, 5.74) is 2.26. The summed E-state index contributed by atoms with van der Waals surface area (Å²) in [4.78, 5) is 20.9. The van der Waals surface area contributed by atoms with Crippen LogP contribution in [0.1, 0.15) is 62.5 Å². The lowest BCUT2D eigenvalue weighted by Crippen LogP contribution is -2.56. The molecule has 6 heteroatoms. The van der Waals surface area contributed by atoms with Crippen molar-refractivity contribution < 1.29 is 14.3 Å². The highest BCUT2D eigenvalue weighted by Gasteiger charge is 2.55. The molecule has 2 saturated carbocycles. The molecular weight excluding hydrogens is 486 g/mol. The van der Waals surface area contributed by atoms with E-state index in [1.165, 1.54) is 30.4 Å². The Kier molecular flexibility index (Phi) is 7.47. The molecule has 0 bridgehead atoms. The summed E-state index contributed by atoms with van der Waals surface area (Å²) in [6, 6.07) is 21.6. The molecule has 2 aromatic carbocycles. The van der Waals surface area contributed by atoms with Gasteiger partial charge in [0.2, 0.25) is 0 Å². The summed E-state index contributed by atoms with van der Waals surface area (Å²) >= 11 is 0. The monoisotopic (exact) mass is 531 g/mol. The van der Waals surface area contributed by atoms with Crippen molar-refractivity contribution >= 4 is 6.03 Å². The van der Waals surface area contributed by atoms with E-state index in [0.29, 0.717) is 25.7 Å². The summed E-state index contributed by atoms with van der Waals surface area (Å²) in [6.07, 6.45) is 8.90. The second-order valence-corrected chi connectivity index (χ2v) is 12.8. The number of amides is 2. The van der Waals surface area contributed by atoms with Crippen LogP contribution in [0, 0.1) is 5.92 Å². The van der Waals surface area contributed by atoms with Crippen molar-refractivity contribution in [1.29, 1.82) is 0 Å². The van der Waals surface area contributed by atoms with Gasteiger partial charge < -0.3 is 19.3 Å². The molecule has 2 aliphatic heterocycles. The SMILES string of the molecule is CN(C)[C@]1(c2ccccc2)CC[C@]2(CC1)CN(CCC1(OCc3ccccc3)COC1)C(=O)N2CC1CCC1. The Morgan fingerprint density at radius 2 is 1.62 bits per heavy atom. The van der Waals surface area contributed by atoms with Gasteiger partial charge >= 0.3 is 6.03 Å². The molecule has 210 valence electrons. The fourth-order valence-corrected chi connectivity index (χ4v) is 7.34. The van der Waals surface area contributed by atoms with Gasteiger partial charge in [-0.1, -0.05) is 67.1 Å². The van der Waals surface area contributed by atoms with Gasteiger partial charge in [0, 0.05) is 25.2 Å². The Morgan fingerprint density at radius 1 is 0.949 bits per heavy atom. The molecule has 2 saturated heterocycles. The first-order chi connectivity index (χ1) is 18.9. The molecule has 0 aromatic heterocycles. The van der Waals surface area contributed by atoms with Crippen LogP contribution in [-0.2, 0) is 21.6 Å². The third-order valence-electron chi connectivity index (χ3n) is 10.4. The fraction of sp³-hybridized carbons (Fsp3) is 0.606. The van der Waals surface area contributed by atoms with Gasteiger partial charge in [-0.25, -0.2) is 4.79 Å². The Hall–Kier alpha value is -2.41. The molecule has 0 radical (unpaired) electrons. The minimum atomic E-state index is -0.287. The summed E-state index contributed by atoms with van der Waals surface area (Å²) in [6.45, 7) is 4.31. The summed E-state index contributed by atoms with van der Waals surface area (Å²) in [5, 5.41) is 0. The lowest BCUT2D eigenvalue weighted by molar-refractivity contribution is -0.219. The maximum Gasteiger partial charge on any atom is 0.320 e. The normalized spacial score (nSPS) is 28.6. The van der Waals surface area contributed by atoms with Crippen molar-refractivity contribution in [3.05, 3.63) is 71.8 Å². The standard InChI is InChI=1S/C33H45N3O3/c1-34(2)33(29-14-7-4-8-15-29)18-16-31(17-19-33)24-35(30(37)36(31)22-27-12-9-13-27)21-20-32(25-38-26-32)39-23-28-10-5-3-6-11-28/h3-8,10-11,14-15,27H,9,12-13,16-26H2,1-2H3/t31-,33+. The van der Waals surface area contributed by atoms with Crippen LogP contribution in [0.2, 0.25) is 0 Å². The molecule has 6 nitrogen and oxygen atoms in total. The molecule has 6 rings (SSSR count). The van der Waals surface area contributed by atoms with Crippen LogP contribution in [-0.4, -0.2) is 78.8 Å². The molecule has 2 aromatic rings. The Balaban J connectivity index is 1.16. The van der Waals surface area contributed by atoms with Gasteiger partial charge in [0.1, 0.15) is 5.60 Å². The molecular formula is C33H45N3O3. The van der Waals surface area contributed by atoms with Gasteiger partial charge in [0.05, 0.1) is 25.4 Å². The van der Waals surface area contributed by atoms with Crippen LogP contribution in [0.3, 0.4) is 0 Å². The van der Waals surface area contributed by atoms with Crippen LogP contribution in [0.25, 0.3) is 0 Å². The van der Waals surface area contributed by atoms with E-state index in [4.69, 9.17) is 9.47 Å². The number of hydrogen-bond donors (Lipinski definition) is 0. The third kappa shape index (κ3) is 5.12. The Morgan fingerprint density at radius 3 is 2.18 bits per heavy atom. The minimum absolute atomic E-state index is 0.0315. The van der Waals surface area contributed by atoms with Crippen LogP contribution >= 0.6 is 0 Å². The van der Waals surface area contributed by atoms with Crippen molar-refractivity contribution in [3.63, 3.8) is 0 Å². The number of benzene rings is 2. The highest BCUT2D eigenvalue weighted by atomic mass is 16.6. The lowest BCUT2D eigenvalue weighted by Gasteiger charge is -2.51. The zero-order chi connectivity index (χ0) is 26.9. The summed E-state index contributed by atoms with van der Waals surface area (Å²) in [5.74, 6) is 0.668. The van der Waals surface area contributed by atoms with Crippen LogP contribution in [0.4, 0.5) is 4.79 Å². The first-order valence-electron chi connectivity index (χ1n) is 15.0. The van der Waals surface area contributed by atoms with Crippen LogP contribution in [0.15, 0.2) is 60.7 Å². The first kappa shape index (κ1) is 26.8. The number of hydrogen-bond acceptors (Lipinski definition) is 4. The number of nitrogens with zero attached hydrogens (tertiary/aromatic N) is 3. The van der Waals surface area contributed by atoms with E-state index in [9.17, 15) is 4.79 Å². The Labute approximate surface area is 234 Å². The summed E-state index contributed by atoms with van der Waals surface area (Å²) in [7, 11) is 4.44. The van der Waals surface area contributed by atoms with E-state index in [0.717, 1.165) is 51.7 Å². The van der Waals surface area contributed by atoms with E-state index in [1.54, 1.807) is 0 Å². The van der Waals surface area contributed by atoms with Gasteiger partial charge in [-0.05, 0) is 76.1 Å². The molecule has 0 atom stereocenters. The Bertz CT molecular complexity index is 1110. The zero-order valence-corrected chi connectivity index (χ0v) is 23.8. The summed E-state index contributed by atoms with van der Waals surface area (Å²) < 4.78 is 12.0. The van der Waals surface area contributed by atoms with E-state index in [2.05, 4.69) is 83.4 Å². The minimum Gasteiger partial charge on any atom is -0.375 e. The molecule has 2 amide bonds. The van der Waals surface area contributed by atoms with Crippen molar-refractivity contribution in [2.75, 3.05) is 46.9 Å². The second kappa shape index (κ2) is 10.9. The lowest BCUT2D eigenvalue weighted by atomic mass is 9.68. The molecule has 39 heavy (non-hydrogen) atoms. The smallest absolute Gasteiger partial charge is 0.320 e. The van der Waals surface area contributed by atoms with Crippen molar-refractivity contribution in [3.8, 4) is 0 Å². The highest BCUT2D eigenvalue weighted by Crippen LogP contribution is 2.49. The molecule has 4 fully saturated rings. The van der Waals surface area contributed by atoms with Gasteiger partial charge in [-0.2, -0.15) is 0 Å². The van der Waals surface area contributed by atoms with Gasteiger partial charge in [-0.3, -0.25) is 4.90 Å². The van der Waals surface area contributed by atoms with Crippen molar-refractivity contribution in [2.24, 2.45) is 5.92 Å².